The fraction of sp³-hybridized carbons (Fsp3) is 0.111. The molecule has 2 N–H and O–H groups in total. The minimum atomic E-state index is -0.921. The molecule has 9 nitrogen and oxygen atoms in total. The number of hydrogen-bond donors (Lipinski definition) is 2. The van der Waals surface area contributed by atoms with Gasteiger partial charge in [0.1, 0.15) is 5.57 Å². The molecule has 0 spiro atoms. The van der Waals surface area contributed by atoms with Gasteiger partial charge in [0.05, 0.1) is 22.3 Å². The average molecular weight is 554 g/mol. The van der Waals surface area contributed by atoms with Crippen molar-refractivity contribution in [3.8, 4) is 11.5 Å². The standard InChI is InChI=1S/C27H21Cl2N3O6/c1-2-37-22-14-16(13-20(29)24(22)38-15-23(33)30-17-8-4-3-5-9-17)12-18-25(34)31-27(36)32(26(18)35)21-11-7-6-10-19(21)28/h3-14H,2,15H2,1H3,(H,30,33)(H,31,34,36)/b18-12+. The summed E-state index contributed by atoms with van der Waals surface area (Å²) >= 11 is 12.6. The second-order valence-corrected chi connectivity index (χ2v) is 8.69. The van der Waals surface area contributed by atoms with Gasteiger partial charge in [0.15, 0.2) is 18.1 Å². The van der Waals surface area contributed by atoms with Crippen molar-refractivity contribution >= 4 is 64.4 Å². The van der Waals surface area contributed by atoms with Crippen molar-refractivity contribution in [2.75, 3.05) is 23.4 Å². The molecular weight excluding hydrogens is 533 g/mol. The first-order valence-corrected chi connectivity index (χ1v) is 12.1. The van der Waals surface area contributed by atoms with Crippen LogP contribution in [0.2, 0.25) is 10.0 Å². The number of ether oxygens (including phenoxy) is 2. The van der Waals surface area contributed by atoms with E-state index in [-0.39, 0.29) is 46.0 Å². The van der Waals surface area contributed by atoms with Gasteiger partial charge in [0.25, 0.3) is 17.7 Å². The molecule has 1 heterocycles. The second kappa shape index (κ2) is 11.8. The number of halogens is 2. The van der Waals surface area contributed by atoms with Gasteiger partial charge in [0, 0.05) is 5.69 Å². The number of anilines is 2. The van der Waals surface area contributed by atoms with E-state index in [1.807, 2.05) is 6.07 Å². The maximum absolute atomic E-state index is 13.2. The highest BCUT2D eigenvalue weighted by Gasteiger charge is 2.37. The average Bonchev–Trinajstić information content (AvgIpc) is 2.88. The summed E-state index contributed by atoms with van der Waals surface area (Å²) in [5.41, 5.74) is 0.741. The van der Waals surface area contributed by atoms with Crippen LogP contribution in [0, 0.1) is 0 Å². The maximum atomic E-state index is 13.2. The SMILES string of the molecule is CCOc1cc(/C=C2\C(=O)NC(=O)N(c3ccccc3Cl)C2=O)cc(Cl)c1OCC(=O)Nc1ccccc1. The second-order valence-electron chi connectivity index (χ2n) is 7.88. The van der Waals surface area contributed by atoms with Crippen molar-refractivity contribution < 1.29 is 28.7 Å². The lowest BCUT2D eigenvalue weighted by atomic mass is 10.1. The number of hydrogen-bond acceptors (Lipinski definition) is 6. The normalized spacial score (nSPS) is 14.3. The minimum absolute atomic E-state index is 0.0815. The first-order valence-electron chi connectivity index (χ1n) is 11.4. The Morgan fingerprint density at radius 2 is 1.68 bits per heavy atom. The summed E-state index contributed by atoms with van der Waals surface area (Å²) in [6.07, 6.45) is 1.27. The molecule has 1 fully saturated rings. The van der Waals surface area contributed by atoms with Gasteiger partial charge in [-0.3, -0.25) is 19.7 Å². The van der Waals surface area contributed by atoms with Crippen LogP contribution in [0.3, 0.4) is 0 Å². The highest BCUT2D eigenvalue weighted by Crippen LogP contribution is 2.38. The molecule has 5 amide bonds. The van der Waals surface area contributed by atoms with Gasteiger partial charge < -0.3 is 14.8 Å². The molecule has 194 valence electrons. The summed E-state index contributed by atoms with van der Waals surface area (Å²) in [7, 11) is 0. The molecule has 38 heavy (non-hydrogen) atoms. The molecule has 4 rings (SSSR count). The quantitative estimate of drug-likeness (QED) is 0.297. The summed E-state index contributed by atoms with van der Waals surface area (Å²) in [5, 5.41) is 5.08. The summed E-state index contributed by atoms with van der Waals surface area (Å²) in [4.78, 5) is 51.3. The molecule has 0 bridgehead atoms. The molecule has 1 saturated heterocycles. The van der Waals surface area contributed by atoms with Gasteiger partial charge in [0.2, 0.25) is 0 Å². The van der Waals surface area contributed by atoms with Crippen LogP contribution in [-0.2, 0) is 14.4 Å². The predicted octanol–water partition coefficient (Wildman–Crippen LogP) is 5.08. The molecule has 0 unspecified atom stereocenters. The number of urea groups is 1. The van der Waals surface area contributed by atoms with Gasteiger partial charge in [-0.05, 0) is 55.0 Å². The molecule has 3 aromatic carbocycles. The van der Waals surface area contributed by atoms with Crippen LogP contribution < -0.4 is 25.0 Å². The molecular formula is C27H21Cl2N3O6. The van der Waals surface area contributed by atoms with Gasteiger partial charge in [-0.15, -0.1) is 0 Å². The Morgan fingerprint density at radius 1 is 0.974 bits per heavy atom. The Morgan fingerprint density at radius 3 is 2.39 bits per heavy atom. The molecule has 0 atom stereocenters. The number of amides is 5. The van der Waals surface area contributed by atoms with E-state index < -0.39 is 23.8 Å². The third kappa shape index (κ3) is 5.96. The van der Waals surface area contributed by atoms with Crippen LogP contribution in [0.25, 0.3) is 6.08 Å². The molecule has 0 aliphatic carbocycles. The first kappa shape index (κ1) is 26.7. The molecule has 0 saturated carbocycles. The predicted molar refractivity (Wildman–Crippen MR) is 144 cm³/mol. The fourth-order valence-corrected chi connectivity index (χ4v) is 4.10. The van der Waals surface area contributed by atoms with Crippen molar-refractivity contribution in [3.63, 3.8) is 0 Å². The van der Waals surface area contributed by atoms with E-state index in [2.05, 4.69) is 10.6 Å². The highest BCUT2D eigenvalue weighted by molar-refractivity contribution is 6.42. The van der Waals surface area contributed by atoms with Crippen molar-refractivity contribution in [1.29, 1.82) is 0 Å². The number of nitrogens with zero attached hydrogens (tertiary/aromatic N) is 1. The number of benzene rings is 3. The fourth-order valence-electron chi connectivity index (χ4n) is 3.61. The van der Waals surface area contributed by atoms with E-state index >= 15 is 0 Å². The highest BCUT2D eigenvalue weighted by atomic mass is 35.5. The van der Waals surface area contributed by atoms with Crippen molar-refractivity contribution in [1.82, 2.24) is 5.32 Å². The number of carbonyl (C=O) groups excluding carboxylic acids is 4. The van der Waals surface area contributed by atoms with Crippen LogP contribution in [-0.4, -0.2) is 37.0 Å². The van der Waals surface area contributed by atoms with Gasteiger partial charge in [-0.2, -0.15) is 0 Å². The monoisotopic (exact) mass is 553 g/mol. The van der Waals surface area contributed by atoms with Gasteiger partial charge in [-0.25, -0.2) is 9.69 Å². The summed E-state index contributed by atoms with van der Waals surface area (Å²) in [6.45, 7) is 1.65. The van der Waals surface area contributed by atoms with E-state index in [0.717, 1.165) is 4.90 Å². The topological polar surface area (TPSA) is 114 Å². The number of carbonyl (C=O) groups is 4. The van der Waals surface area contributed by atoms with Crippen LogP contribution in [0.1, 0.15) is 12.5 Å². The lowest BCUT2D eigenvalue weighted by Crippen LogP contribution is -2.54. The van der Waals surface area contributed by atoms with Crippen molar-refractivity contribution in [2.24, 2.45) is 0 Å². The number of para-hydroxylation sites is 2. The summed E-state index contributed by atoms with van der Waals surface area (Å²) in [6, 6.07) is 17.2. The zero-order valence-corrected chi connectivity index (χ0v) is 21.5. The third-order valence-corrected chi connectivity index (χ3v) is 5.84. The zero-order valence-electron chi connectivity index (χ0n) is 20.0. The Hall–Kier alpha value is -4.34. The van der Waals surface area contributed by atoms with Crippen molar-refractivity contribution in [2.45, 2.75) is 6.92 Å². The molecule has 0 aromatic heterocycles. The number of barbiturate groups is 1. The Balaban J connectivity index is 1.60. The Labute approximate surface area is 227 Å². The molecule has 1 aliphatic heterocycles. The lowest BCUT2D eigenvalue weighted by Gasteiger charge is -2.27. The van der Waals surface area contributed by atoms with E-state index in [9.17, 15) is 19.2 Å². The largest absolute Gasteiger partial charge is 0.490 e. The molecule has 11 heteroatoms. The molecule has 3 aromatic rings. The smallest absolute Gasteiger partial charge is 0.335 e. The van der Waals surface area contributed by atoms with Crippen LogP contribution in [0.5, 0.6) is 11.5 Å². The lowest BCUT2D eigenvalue weighted by molar-refractivity contribution is -0.122. The van der Waals surface area contributed by atoms with Crippen LogP contribution >= 0.6 is 23.2 Å². The zero-order chi connectivity index (χ0) is 27.2. The Bertz CT molecular complexity index is 1440. The van der Waals surface area contributed by atoms with Crippen molar-refractivity contribution in [3.05, 3.63) is 87.9 Å². The van der Waals surface area contributed by atoms with E-state index in [1.165, 1.54) is 30.3 Å². The summed E-state index contributed by atoms with van der Waals surface area (Å²) < 4.78 is 11.3. The summed E-state index contributed by atoms with van der Waals surface area (Å²) in [5.74, 6) is -1.84. The van der Waals surface area contributed by atoms with Gasteiger partial charge >= 0.3 is 6.03 Å². The Kier molecular flexibility index (Phi) is 8.30. The number of rotatable bonds is 8. The van der Waals surface area contributed by atoms with Crippen LogP contribution in [0.15, 0.2) is 72.3 Å². The third-order valence-electron chi connectivity index (χ3n) is 5.24. The molecule has 1 aliphatic rings. The maximum Gasteiger partial charge on any atom is 0.335 e. The molecule has 0 radical (unpaired) electrons. The van der Waals surface area contributed by atoms with Gasteiger partial charge in [-0.1, -0.05) is 53.5 Å². The van der Waals surface area contributed by atoms with E-state index in [1.54, 1.807) is 43.3 Å². The first-order chi connectivity index (χ1) is 18.3. The van der Waals surface area contributed by atoms with Crippen LogP contribution in [0.4, 0.5) is 16.2 Å². The number of imide groups is 2. The number of nitrogens with one attached hydrogen (secondary N) is 2. The van der Waals surface area contributed by atoms with E-state index in [4.69, 9.17) is 32.7 Å². The van der Waals surface area contributed by atoms with E-state index in [0.29, 0.717) is 11.3 Å². The minimum Gasteiger partial charge on any atom is -0.490 e.